The first-order valence-corrected chi connectivity index (χ1v) is 22.4. The number of nitrogens with one attached hydrogen (secondary N) is 3. The highest BCUT2D eigenvalue weighted by molar-refractivity contribution is 8.03. The first-order chi connectivity index (χ1) is 28.9. The summed E-state index contributed by atoms with van der Waals surface area (Å²) in [6.45, 7) is 7.11. The summed E-state index contributed by atoms with van der Waals surface area (Å²) in [6.07, 6.45) is 29.8. The molecule has 4 aromatic carbocycles. The van der Waals surface area contributed by atoms with Crippen LogP contribution in [-0.4, -0.2) is 16.4 Å². The van der Waals surface area contributed by atoms with Crippen molar-refractivity contribution in [1.29, 1.82) is 0 Å². The van der Waals surface area contributed by atoms with Crippen molar-refractivity contribution >= 4 is 23.9 Å². The van der Waals surface area contributed by atoms with Crippen LogP contribution in [0.5, 0.6) is 0 Å². The number of allylic oxidation sites excluding steroid dienone is 8. The van der Waals surface area contributed by atoms with Crippen LogP contribution >= 0.6 is 11.8 Å². The minimum absolute atomic E-state index is 0.0351. The van der Waals surface area contributed by atoms with Gasteiger partial charge in [0.25, 0.3) is 0 Å². The van der Waals surface area contributed by atoms with Crippen molar-refractivity contribution in [3.63, 3.8) is 0 Å². The number of fused-ring (bicyclic) bond motifs is 6. The Balaban J connectivity index is 1.05. The average molecular weight is 789 g/mol. The molecular formula is C54H52N4S. The van der Waals surface area contributed by atoms with Crippen molar-refractivity contribution in [2.45, 2.75) is 74.8 Å². The van der Waals surface area contributed by atoms with E-state index in [1.807, 2.05) is 11.8 Å². The second-order valence-electron chi connectivity index (χ2n) is 17.7. The number of para-hydroxylation sites is 1. The van der Waals surface area contributed by atoms with Gasteiger partial charge >= 0.3 is 0 Å². The number of rotatable bonds is 6. The van der Waals surface area contributed by atoms with Crippen LogP contribution < -0.4 is 16.0 Å². The zero-order chi connectivity index (χ0) is 39.7. The van der Waals surface area contributed by atoms with E-state index in [1.165, 1.54) is 71.4 Å². The molecule has 0 saturated carbocycles. The summed E-state index contributed by atoms with van der Waals surface area (Å²) in [7, 11) is 0. The Kier molecular flexibility index (Phi) is 9.08. The van der Waals surface area contributed by atoms with E-state index in [4.69, 9.17) is 0 Å². The van der Waals surface area contributed by atoms with Crippen LogP contribution in [0.15, 0.2) is 162 Å². The molecule has 4 aliphatic carbocycles. The molecule has 1 aromatic heterocycles. The molecule has 11 rings (SSSR count). The van der Waals surface area contributed by atoms with E-state index >= 15 is 0 Å². The van der Waals surface area contributed by atoms with Crippen molar-refractivity contribution < 1.29 is 0 Å². The Morgan fingerprint density at radius 3 is 2.39 bits per heavy atom. The lowest BCUT2D eigenvalue weighted by atomic mass is 9.78. The fourth-order valence-electron chi connectivity index (χ4n) is 11.0. The van der Waals surface area contributed by atoms with Gasteiger partial charge in [-0.1, -0.05) is 158 Å². The van der Waals surface area contributed by atoms with Crippen molar-refractivity contribution in [2.24, 2.45) is 17.8 Å². The first kappa shape index (κ1) is 36.9. The van der Waals surface area contributed by atoms with E-state index in [0.29, 0.717) is 11.8 Å². The van der Waals surface area contributed by atoms with Crippen LogP contribution in [0.1, 0.15) is 73.2 Å². The van der Waals surface area contributed by atoms with Crippen LogP contribution in [0.3, 0.4) is 0 Å². The van der Waals surface area contributed by atoms with E-state index < -0.39 is 5.66 Å². The molecule has 3 heterocycles. The van der Waals surface area contributed by atoms with E-state index in [2.05, 4.69) is 205 Å². The van der Waals surface area contributed by atoms with Gasteiger partial charge in [0, 0.05) is 34.0 Å². The first-order valence-electron chi connectivity index (χ1n) is 21.6. The SMILES string of the molecule is CC1C=CC=CC1C1NC(C)(c2cc(-c3ccccc3)ccc2-c2cccc3c2SC2=Cc4c(c5c(n4-c4ccccc4)CCC=C5)CC23)NC(C)(C2C=CC=CC2)N1. The second kappa shape index (κ2) is 14.5. The Hall–Kier alpha value is -5.17. The molecule has 1 fully saturated rings. The molecule has 0 radical (unpaired) electrons. The van der Waals surface area contributed by atoms with Crippen LogP contribution in [0.25, 0.3) is 40.1 Å². The minimum Gasteiger partial charge on any atom is -0.313 e. The fraction of sp³-hybridized carbons (Fsp3) is 0.259. The third-order valence-corrected chi connectivity index (χ3v) is 15.2. The van der Waals surface area contributed by atoms with Gasteiger partial charge in [0.1, 0.15) is 0 Å². The number of aromatic nitrogens is 1. The van der Waals surface area contributed by atoms with Crippen LogP contribution in [-0.2, 0) is 18.5 Å². The third-order valence-electron chi connectivity index (χ3n) is 13.9. The smallest absolute Gasteiger partial charge is 0.0953 e. The quantitative estimate of drug-likeness (QED) is 0.160. The molecule has 0 spiro atoms. The summed E-state index contributed by atoms with van der Waals surface area (Å²) in [4.78, 5) is 2.85. The van der Waals surface area contributed by atoms with Crippen LogP contribution in [0.4, 0.5) is 0 Å². The number of thioether (sulfide) groups is 1. The molecular weight excluding hydrogens is 737 g/mol. The lowest BCUT2D eigenvalue weighted by Gasteiger charge is -2.56. The van der Waals surface area contributed by atoms with E-state index in [9.17, 15) is 0 Å². The van der Waals surface area contributed by atoms with Crippen molar-refractivity contribution in [1.82, 2.24) is 20.5 Å². The molecule has 5 heteroatoms. The summed E-state index contributed by atoms with van der Waals surface area (Å²) in [5.41, 5.74) is 13.8. The van der Waals surface area contributed by atoms with E-state index in [-0.39, 0.29) is 23.7 Å². The molecule has 2 aliphatic heterocycles. The lowest BCUT2D eigenvalue weighted by Crippen LogP contribution is -2.80. The summed E-state index contributed by atoms with van der Waals surface area (Å²) >= 11 is 2.00. The zero-order valence-corrected chi connectivity index (χ0v) is 35.0. The maximum atomic E-state index is 4.26. The largest absolute Gasteiger partial charge is 0.313 e. The molecule has 4 nitrogen and oxygen atoms in total. The number of hydrogen-bond acceptors (Lipinski definition) is 4. The van der Waals surface area contributed by atoms with Gasteiger partial charge in [-0.05, 0) is 119 Å². The number of hydrogen-bond donors (Lipinski definition) is 3. The second-order valence-corrected chi connectivity index (χ2v) is 18.8. The van der Waals surface area contributed by atoms with Crippen LogP contribution in [0, 0.1) is 17.8 Å². The summed E-state index contributed by atoms with van der Waals surface area (Å²) in [5.74, 6) is 1.30. The number of benzene rings is 4. The molecule has 0 bridgehead atoms. The van der Waals surface area contributed by atoms with E-state index in [0.717, 1.165) is 25.7 Å². The van der Waals surface area contributed by atoms with Crippen molar-refractivity contribution in [3.8, 4) is 27.9 Å². The van der Waals surface area contributed by atoms with Gasteiger partial charge in [-0.25, -0.2) is 0 Å². The van der Waals surface area contributed by atoms with E-state index in [1.54, 1.807) is 0 Å². The highest BCUT2D eigenvalue weighted by atomic mass is 32.2. The molecule has 7 atom stereocenters. The zero-order valence-electron chi connectivity index (χ0n) is 34.2. The van der Waals surface area contributed by atoms with Gasteiger partial charge in [0.05, 0.1) is 23.2 Å². The number of nitrogens with zero attached hydrogens (tertiary/aromatic N) is 1. The predicted molar refractivity (Wildman–Crippen MR) is 247 cm³/mol. The lowest BCUT2D eigenvalue weighted by molar-refractivity contribution is 0.0173. The Morgan fingerprint density at radius 2 is 1.58 bits per heavy atom. The summed E-state index contributed by atoms with van der Waals surface area (Å²) < 4.78 is 2.56. The maximum Gasteiger partial charge on any atom is 0.0953 e. The molecule has 3 N–H and O–H groups in total. The predicted octanol–water partition coefficient (Wildman–Crippen LogP) is 12.1. The summed E-state index contributed by atoms with van der Waals surface area (Å²) in [5, 5.41) is 12.6. The molecule has 294 valence electrons. The highest BCUT2D eigenvalue weighted by Crippen LogP contribution is 2.57. The Morgan fingerprint density at radius 1 is 0.763 bits per heavy atom. The molecule has 0 amide bonds. The topological polar surface area (TPSA) is 41.0 Å². The van der Waals surface area contributed by atoms with Crippen molar-refractivity contribution in [3.05, 3.63) is 190 Å². The molecule has 1 saturated heterocycles. The highest BCUT2D eigenvalue weighted by Gasteiger charge is 2.49. The normalized spacial score (nSPS) is 28.8. The fourth-order valence-corrected chi connectivity index (χ4v) is 12.3. The van der Waals surface area contributed by atoms with Crippen LogP contribution in [0.2, 0.25) is 0 Å². The standard InChI is InChI=1S/C54H52N4S/c1-35-18-13-14-25-40(35)52-55-53(2,38-21-9-5-10-22-38)57-54(3,56-52)47-32-37(36-19-7-4-8-20-36)30-31-41(47)43-27-17-28-44-46-33-45-42-26-15-16-29-48(42)58(39-23-11-6-12-24-39)49(45)34-50(46)59-51(43)44/h4-15,17-21,23-28,30-32,34-35,38,40,46,52,55-57H,16,22,29,33H2,1-3H3. The molecule has 7 unspecified atom stereocenters. The van der Waals surface area contributed by atoms with Gasteiger partial charge in [-0.15, -0.1) is 0 Å². The van der Waals surface area contributed by atoms with Gasteiger partial charge in [-0.2, -0.15) is 0 Å². The summed E-state index contributed by atoms with van der Waals surface area (Å²) in [6, 6.07) is 36.2. The van der Waals surface area contributed by atoms with Crippen molar-refractivity contribution in [2.75, 3.05) is 0 Å². The Bertz CT molecular complexity index is 2640. The minimum atomic E-state index is -0.582. The van der Waals surface area contributed by atoms with Gasteiger partial charge in [0.15, 0.2) is 0 Å². The Labute approximate surface area is 353 Å². The maximum absolute atomic E-state index is 4.26. The van der Waals surface area contributed by atoms with Gasteiger partial charge in [-0.3, -0.25) is 16.0 Å². The average Bonchev–Trinajstić information content (AvgIpc) is 3.81. The monoisotopic (exact) mass is 788 g/mol. The molecule has 6 aliphatic rings. The third kappa shape index (κ3) is 6.25. The molecule has 59 heavy (non-hydrogen) atoms. The van der Waals surface area contributed by atoms with Gasteiger partial charge < -0.3 is 4.57 Å². The van der Waals surface area contributed by atoms with Gasteiger partial charge in [0.2, 0.25) is 0 Å². The molecule has 5 aromatic rings.